The minimum absolute atomic E-state index is 0.0947. The van der Waals surface area contributed by atoms with Gasteiger partial charge >= 0.3 is 0 Å². The van der Waals surface area contributed by atoms with E-state index in [1.54, 1.807) is 6.33 Å². The van der Waals surface area contributed by atoms with Crippen molar-refractivity contribution in [3.63, 3.8) is 0 Å². The summed E-state index contributed by atoms with van der Waals surface area (Å²) in [4.78, 5) is 31.7. The van der Waals surface area contributed by atoms with Crippen molar-refractivity contribution in [3.05, 3.63) is 12.2 Å². The maximum Gasteiger partial charge on any atom is 0.223 e. The van der Waals surface area contributed by atoms with Crippen LogP contribution < -0.4 is 10.2 Å². The highest BCUT2D eigenvalue weighted by atomic mass is 16.1. The topological polar surface area (TPSA) is 79.2 Å². The summed E-state index contributed by atoms with van der Waals surface area (Å²) in [5.41, 5.74) is 1.90. The normalized spacial score (nSPS) is 20.7. The maximum atomic E-state index is 12.8. The van der Waals surface area contributed by atoms with Gasteiger partial charge in [0.05, 0.1) is 0 Å². The molecule has 2 aromatic heterocycles. The number of piperidine rings is 1. The van der Waals surface area contributed by atoms with Gasteiger partial charge in [0.25, 0.3) is 0 Å². The van der Waals surface area contributed by atoms with E-state index in [1.807, 2.05) is 0 Å². The van der Waals surface area contributed by atoms with Crippen molar-refractivity contribution in [3.8, 4) is 0 Å². The second-order valence-electron chi connectivity index (χ2n) is 10.2. The van der Waals surface area contributed by atoms with Crippen LogP contribution in [-0.4, -0.2) is 69.6 Å². The van der Waals surface area contributed by atoms with E-state index in [9.17, 15) is 4.79 Å². The number of fused-ring (bicyclic) bond motifs is 3. The highest BCUT2D eigenvalue weighted by molar-refractivity contribution is 5.84. The van der Waals surface area contributed by atoms with Crippen molar-refractivity contribution >= 4 is 22.9 Å². The molecule has 8 heteroatoms. The highest BCUT2D eigenvalue weighted by Crippen LogP contribution is 2.29. The van der Waals surface area contributed by atoms with Crippen LogP contribution in [0.2, 0.25) is 0 Å². The third-order valence-corrected chi connectivity index (χ3v) is 8.00. The molecule has 2 aromatic rings. The summed E-state index contributed by atoms with van der Waals surface area (Å²) in [7, 11) is 2.21. The Balaban J connectivity index is 1.14. The Morgan fingerprint density at radius 1 is 1.03 bits per heavy atom. The van der Waals surface area contributed by atoms with Crippen molar-refractivity contribution < 1.29 is 4.79 Å². The molecule has 5 rings (SSSR count). The van der Waals surface area contributed by atoms with Crippen LogP contribution in [0.15, 0.2) is 6.33 Å². The average molecular weight is 454 g/mol. The number of carbonyl (C=O) groups excluding carboxylic acids is 1. The molecule has 0 atom stereocenters. The predicted molar refractivity (Wildman–Crippen MR) is 130 cm³/mol. The minimum Gasteiger partial charge on any atom is -0.355 e. The van der Waals surface area contributed by atoms with Crippen LogP contribution in [0.25, 0.3) is 11.2 Å². The summed E-state index contributed by atoms with van der Waals surface area (Å²) in [6, 6.07) is 0.696. The van der Waals surface area contributed by atoms with E-state index in [1.165, 1.54) is 51.4 Å². The van der Waals surface area contributed by atoms with Gasteiger partial charge in [-0.2, -0.15) is 0 Å². The molecule has 0 bridgehead atoms. The van der Waals surface area contributed by atoms with E-state index in [4.69, 9.17) is 4.98 Å². The van der Waals surface area contributed by atoms with E-state index in [-0.39, 0.29) is 11.8 Å². The number of amides is 1. The van der Waals surface area contributed by atoms with Gasteiger partial charge in [-0.15, -0.1) is 0 Å². The van der Waals surface area contributed by atoms with Gasteiger partial charge in [-0.25, -0.2) is 15.0 Å². The third-order valence-electron chi connectivity index (χ3n) is 8.00. The molecule has 0 unspecified atom stereocenters. The first-order valence-corrected chi connectivity index (χ1v) is 13.1. The van der Waals surface area contributed by atoms with Gasteiger partial charge in [-0.1, -0.05) is 25.7 Å². The number of nitrogens with one attached hydrogen (secondary N) is 1. The first kappa shape index (κ1) is 22.6. The van der Waals surface area contributed by atoms with Gasteiger partial charge < -0.3 is 19.7 Å². The number of hydrogen-bond acceptors (Lipinski definition) is 6. The number of rotatable bonds is 6. The lowest BCUT2D eigenvalue weighted by Crippen LogP contribution is -2.44. The molecule has 1 saturated carbocycles. The number of aryl methyl sites for hydroxylation is 2. The Hall–Kier alpha value is -2.22. The largest absolute Gasteiger partial charge is 0.355 e. The van der Waals surface area contributed by atoms with Crippen LogP contribution in [0, 0.1) is 5.92 Å². The monoisotopic (exact) mass is 453 g/mol. The lowest BCUT2D eigenvalue weighted by Gasteiger charge is -2.33. The predicted octanol–water partition coefficient (Wildman–Crippen LogP) is 3.15. The molecule has 1 amide bonds. The van der Waals surface area contributed by atoms with Crippen molar-refractivity contribution in [1.29, 1.82) is 0 Å². The molecule has 0 aromatic carbocycles. The summed E-state index contributed by atoms with van der Waals surface area (Å²) in [5, 5.41) is 3.21. The summed E-state index contributed by atoms with van der Waals surface area (Å²) in [6.07, 6.45) is 14.8. The van der Waals surface area contributed by atoms with E-state index in [0.29, 0.717) is 6.04 Å². The Morgan fingerprint density at radius 2 is 1.82 bits per heavy atom. The SMILES string of the molecule is CN(CCNC(=O)C1CCN(c2ncnc3c2nc2n3CCCCC2)CC1)C1CCCCC1. The van der Waals surface area contributed by atoms with Gasteiger partial charge in [0.2, 0.25) is 5.91 Å². The zero-order valence-electron chi connectivity index (χ0n) is 20.1. The molecule has 0 radical (unpaired) electrons. The number of likely N-dealkylation sites (N-methyl/N-ethyl adjacent to an activating group) is 1. The van der Waals surface area contributed by atoms with Gasteiger partial charge in [0, 0.05) is 51.1 Å². The van der Waals surface area contributed by atoms with Crippen LogP contribution in [0.4, 0.5) is 5.82 Å². The first-order valence-electron chi connectivity index (χ1n) is 13.1. The Morgan fingerprint density at radius 3 is 2.64 bits per heavy atom. The van der Waals surface area contributed by atoms with E-state index >= 15 is 0 Å². The van der Waals surface area contributed by atoms with Crippen molar-refractivity contribution in [1.82, 2.24) is 29.7 Å². The summed E-state index contributed by atoms with van der Waals surface area (Å²) in [5.74, 6) is 2.40. The van der Waals surface area contributed by atoms with Crippen LogP contribution >= 0.6 is 0 Å². The number of nitrogens with zero attached hydrogens (tertiary/aromatic N) is 6. The zero-order valence-corrected chi connectivity index (χ0v) is 20.1. The fourth-order valence-corrected chi connectivity index (χ4v) is 5.91. The van der Waals surface area contributed by atoms with Gasteiger partial charge in [-0.05, 0) is 45.6 Å². The molecule has 2 aliphatic heterocycles. The second-order valence-corrected chi connectivity index (χ2v) is 10.2. The molecular formula is C25H39N7O. The molecule has 4 heterocycles. The van der Waals surface area contributed by atoms with Gasteiger partial charge in [0.15, 0.2) is 17.0 Å². The molecule has 180 valence electrons. The molecule has 3 aliphatic rings. The van der Waals surface area contributed by atoms with Gasteiger partial charge in [0.1, 0.15) is 12.2 Å². The summed E-state index contributed by atoms with van der Waals surface area (Å²) < 4.78 is 2.29. The van der Waals surface area contributed by atoms with Crippen LogP contribution in [0.1, 0.15) is 70.0 Å². The molecule has 33 heavy (non-hydrogen) atoms. The molecule has 1 saturated heterocycles. The molecule has 8 nitrogen and oxygen atoms in total. The quantitative estimate of drug-likeness (QED) is 0.724. The molecule has 1 aliphatic carbocycles. The van der Waals surface area contributed by atoms with Crippen LogP contribution in [0.3, 0.4) is 0 Å². The molecular weight excluding hydrogens is 414 g/mol. The number of anilines is 1. The minimum atomic E-state index is 0.0947. The molecule has 1 N–H and O–H groups in total. The molecule has 2 fully saturated rings. The van der Waals surface area contributed by atoms with E-state index in [0.717, 1.165) is 74.8 Å². The third kappa shape index (κ3) is 5.00. The number of imidazole rings is 1. The highest BCUT2D eigenvalue weighted by Gasteiger charge is 2.28. The maximum absolute atomic E-state index is 12.8. The summed E-state index contributed by atoms with van der Waals surface area (Å²) >= 11 is 0. The van der Waals surface area contributed by atoms with E-state index < -0.39 is 0 Å². The fraction of sp³-hybridized carbons (Fsp3) is 0.760. The Bertz CT molecular complexity index is 944. The average Bonchev–Trinajstić information content (AvgIpc) is 3.05. The lowest BCUT2D eigenvalue weighted by molar-refractivity contribution is -0.125. The summed E-state index contributed by atoms with van der Waals surface area (Å²) in [6.45, 7) is 4.38. The van der Waals surface area contributed by atoms with E-state index in [2.05, 4.69) is 36.7 Å². The van der Waals surface area contributed by atoms with Crippen molar-refractivity contribution in [2.24, 2.45) is 5.92 Å². The van der Waals surface area contributed by atoms with Crippen molar-refractivity contribution in [2.75, 3.05) is 38.1 Å². The Labute approximate surface area is 197 Å². The number of hydrogen-bond donors (Lipinski definition) is 1. The standard InChI is InChI=1S/C25H39N7O/c1-30(20-8-4-2-5-9-20)17-13-26-25(33)19-11-15-31(16-12-19)23-22-24(28-18-27-23)32-14-7-3-6-10-21(32)29-22/h18-20H,2-17H2,1H3,(H,26,33). The molecule has 0 spiro atoms. The number of carbonyl (C=O) groups is 1. The second kappa shape index (κ2) is 10.4. The van der Waals surface area contributed by atoms with Crippen LogP contribution in [-0.2, 0) is 17.8 Å². The Kier molecular flexibility index (Phi) is 7.09. The fourth-order valence-electron chi connectivity index (χ4n) is 5.91. The zero-order chi connectivity index (χ0) is 22.6. The lowest BCUT2D eigenvalue weighted by atomic mass is 9.94. The van der Waals surface area contributed by atoms with Crippen molar-refractivity contribution in [2.45, 2.75) is 83.2 Å². The smallest absolute Gasteiger partial charge is 0.223 e. The number of aromatic nitrogens is 4. The van der Waals surface area contributed by atoms with Crippen LogP contribution in [0.5, 0.6) is 0 Å². The first-order chi connectivity index (χ1) is 16.2. The van der Waals surface area contributed by atoms with Gasteiger partial charge in [-0.3, -0.25) is 4.79 Å².